The summed E-state index contributed by atoms with van der Waals surface area (Å²) in [6, 6.07) is 5.78. The maximum absolute atomic E-state index is 13.1. The summed E-state index contributed by atoms with van der Waals surface area (Å²) < 4.78 is 15.4. The Morgan fingerprint density at radius 2 is 1.82 bits per heavy atom. The van der Waals surface area contributed by atoms with E-state index in [1.54, 1.807) is 6.07 Å². The van der Waals surface area contributed by atoms with E-state index in [1.165, 1.54) is 29.5 Å². The highest BCUT2D eigenvalue weighted by molar-refractivity contribution is 9.13. The first-order valence-corrected chi connectivity index (χ1v) is 7.63. The van der Waals surface area contributed by atoms with Crippen molar-refractivity contribution in [1.29, 1.82) is 0 Å². The van der Waals surface area contributed by atoms with Crippen molar-refractivity contribution in [3.8, 4) is 0 Å². The highest BCUT2D eigenvalue weighted by Gasteiger charge is 2.17. The normalized spacial score (nSPS) is 10.6. The molecule has 2 aromatic rings. The van der Waals surface area contributed by atoms with Crippen LogP contribution in [0, 0.1) is 5.82 Å². The van der Waals surface area contributed by atoms with Gasteiger partial charge in [-0.25, -0.2) is 4.39 Å². The zero-order valence-corrected chi connectivity index (χ0v) is 13.7. The molecule has 0 saturated carbocycles. The summed E-state index contributed by atoms with van der Waals surface area (Å²) >= 11 is 11.2. The van der Waals surface area contributed by atoms with Crippen LogP contribution in [-0.4, -0.2) is 5.78 Å². The summed E-state index contributed by atoms with van der Waals surface area (Å²) in [5, 5.41) is 0. The van der Waals surface area contributed by atoms with E-state index in [-0.39, 0.29) is 5.78 Å². The molecule has 1 nitrogen and oxygen atoms in total. The second-order valence-corrected chi connectivity index (χ2v) is 7.26. The lowest BCUT2D eigenvalue weighted by Gasteiger charge is -2.01. The van der Waals surface area contributed by atoms with Crippen LogP contribution >= 0.6 is 59.1 Å². The molecule has 1 aromatic heterocycles. The molecule has 0 atom stereocenters. The van der Waals surface area contributed by atoms with E-state index in [2.05, 4.69) is 47.8 Å². The molecule has 0 N–H and O–H groups in total. The zero-order chi connectivity index (χ0) is 12.6. The Morgan fingerprint density at radius 1 is 1.12 bits per heavy atom. The minimum atomic E-state index is -0.425. The van der Waals surface area contributed by atoms with Gasteiger partial charge in [0, 0.05) is 14.5 Å². The molecule has 0 amide bonds. The van der Waals surface area contributed by atoms with E-state index in [4.69, 9.17) is 0 Å². The van der Waals surface area contributed by atoms with E-state index in [0.717, 1.165) is 8.26 Å². The van der Waals surface area contributed by atoms with Crippen LogP contribution in [0.5, 0.6) is 0 Å². The minimum absolute atomic E-state index is 0.201. The molecule has 0 unspecified atom stereocenters. The largest absolute Gasteiger partial charge is 0.288 e. The molecule has 88 valence electrons. The number of hydrogen-bond acceptors (Lipinski definition) is 2. The Bertz CT molecular complexity index is 575. The predicted molar refractivity (Wildman–Crippen MR) is 77.3 cm³/mol. The van der Waals surface area contributed by atoms with Gasteiger partial charge in [0.15, 0.2) is 0 Å². The van der Waals surface area contributed by atoms with E-state index < -0.39 is 5.82 Å². The SMILES string of the molecule is O=C(c1cc(Br)c(Br)s1)c1cc(F)ccc1Br. The number of rotatable bonds is 2. The average molecular weight is 443 g/mol. The van der Waals surface area contributed by atoms with Crippen LogP contribution in [0.1, 0.15) is 15.2 Å². The van der Waals surface area contributed by atoms with Gasteiger partial charge in [-0.3, -0.25) is 4.79 Å². The highest BCUT2D eigenvalue weighted by Crippen LogP contribution is 2.34. The lowest BCUT2D eigenvalue weighted by atomic mass is 10.1. The van der Waals surface area contributed by atoms with E-state index >= 15 is 0 Å². The van der Waals surface area contributed by atoms with Gasteiger partial charge in [0.05, 0.1) is 8.66 Å². The van der Waals surface area contributed by atoms with Crippen LogP contribution in [-0.2, 0) is 0 Å². The third-order valence-electron chi connectivity index (χ3n) is 2.04. The van der Waals surface area contributed by atoms with E-state index in [9.17, 15) is 9.18 Å². The molecule has 1 heterocycles. The molecule has 0 bridgehead atoms. The number of ketones is 1. The Labute approximate surface area is 126 Å². The number of benzene rings is 1. The van der Waals surface area contributed by atoms with Crippen LogP contribution in [0.2, 0.25) is 0 Å². The van der Waals surface area contributed by atoms with Gasteiger partial charge in [0.2, 0.25) is 5.78 Å². The molecular formula is C11H4Br3FOS. The summed E-state index contributed by atoms with van der Waals surface area (Å²) in [4.78, 5) is 12.7. The standard InChI is InChI=1S/C11H4Br3FOS/c12-7-2-1-5(15)3-6(7)10(16)9-4-8(13)11(14)17-9/h1-4H. The van der Waals surface area contributed by atoms with Crippen molar-refractivity contribution in [1.82, 2.24) is 0 Å². The lowest BCUT2D eigenvalue weighted by Crippen LogP contribution is -2.00. The minimum Gasteiger partial charge on any atom is -0.288 e. The van der Waals surface area contributed by atoms with Gasteiger partial charge in [0.1, 0.15) is 5.82 Å². The zero-order valence-electron chi connectivity index (χ0n) is 8.14. The smallest absolute Gasteiger partial charge is 0.204 e. The topological polar surface area (TPSA) is 17.1 Å². The average Bonchev–Trinajstić information content (AvgIpc) is 2.62. The van der Waals surface area contributed by atoms with Gasteiger partial charge in [-0.2, -0.15) is 0 Å². The first-order chi connectivity index (χ1) is 7.99. The fourth-order valence-corrected chi connectivity index (χ4v) is 3.68. The highest BCUT2D eigenvalue weighted by atomic mass is 79.9. The molecule has 0 aliphatic rings. The summed E-state index contributed by atoms with van der Waals surface area (Å²) in [7, 11) is 0. The van der Waals surface area contributed by atoms with Gasteiger partial charge in [-0.15, -0.1) is 11.3 Å². The maximum Gasteiger partial charge on any atom is 0.204 e. The molecule has 0 aliphatic heterocycles. The Kier molecular flexibility index (Phi) is 4.18. The second-order valence-electron chi connectivity index (χ2n) is 3.19. The second kappa shape index (κ2) is 5.30. The van der Waals surface area contributed by atoms with Crippen LogP contribution in [0.15, 0.2) is 37.0 Å². The summed E-state index contributed by atoms with van der Waals surface area (Å²) in [5.41, 5.74) is 0.325. The number of thiophene rings is 1. The van der Waals surface area contributed by atoms with Crippen molar-refractivity contribution < 1.29 is 9.18 Å². The van der Waals surface area contributed by atoms with Gasteiger partial charge < -0.3 is 0 Å². The number of halogens is 4. The summed E-state index contributed by atoms with van der Waals surface area (Å²) in [6.07, 6.45) is 0. The predicted octanol–water partition coefficient (Wildman–Crippen LogP) is 5.41. The van der Waals surface area contributed by atoms with Gasteiger partial charge in [-0.05, 0) is 56.1 Å². The van der Waals surface area contributed by atoms with Crippen LogP contribution < -0.4 is 0 Å². The molecule has 2 rings (SSSR count). The lowest BCUT2D eigenvalue weighted by molar-refractivity contribution is 0.104. The van der Waals surface area contributed by atoms with Crippen molar-refractivity contribution in [3.63, 3.8) is 0 Å². The summed E-state index contributed by atoms with van der Waals surface area (Å²) in [6.45, 7) is 0. The maximum atomic E-state index is 13.1. The fraction of sp³-hybridized carbons (Fsp3) is 0. The van der Waals surface area contributed by atoms with Crippen molar-refractivity contribution >= 4 is 64.9 Å². The fourth-order valence-electron chi connectivity index (χ4n) is 1.26. The molecule has 6 heteroatoms. The number of carbonyl (C=O) groups is 1. The van der Waals surface area contributed by atoms with Crippen molar-refractivity contribution in [3.05, 3.63) is 53.3 Å². The molecule has 0 saturated heterocycles. The molecule has 0 fully saturated rings. The molecular weight excluding hydrogens is 439 g/mol. The molecule has 0 radical (unpaired) electrons. The van der Waals surface area contributed by atoms with Gasteiger partial charge >= 0.3 is 0 Å². The molecule has 0 aliphatic carbocycles. The third kappa shape index (κ3) is 2.86. The van der Waals surface area contributed by atoms with E-state index in [1.807, 2.05) is 0 Å². The van der Waals surface area contributed by atoms with E-state index in [0.29, 0.717) is 14.9 Å². The number of carbonyl (C=O) groups excluding carboxylic acids is 1. The Balaban J connectivity index is 2.47. The Morgan fingerprint density at radius 3 is 2.41 bits per heavy atom. The Hall–Kier alpha value is -0.0400. The number of hydrogen-bond donors (Lipinski definition) is 0. The van der Waals surface area contributed by atoms with Crippen LogP contribution in [0.3, 0.4) is 0 Å². The molecule has 1 aromatic carbocycles. The van der Waals surface area contributed by atoms with Crippen molar-refractivity contribution in [2.24, 2.45) is 0 Å². The van der Waals surface area contributed by atoms with Gasteiger partial charge in [0.25, 0.3) is 0 Å². The van der Waals surface area contributed by atoms with Crippen LogP contribution in [0.4, 0.5) is 4.39 Å². The van der Waals surface area contributed by atoms with Crippen molar-refractivity contribution in [2.45, 2.75) is 0 Å². The quantitative estimate of drug-likeness (QED) is 0.569. The van der Waals surface area contributed by atoms with Crippen molar-refractivity contribution in [2.75, 3.05) is 0 Å². The first kappa shape index (κ1) is 13.4. The molecule has 17 heavy (non-hydrogen) atoms. The summed E-state index contributed by atoms with van der Waals surface area (Å²) in [5.74, 6) is -0.626. The first-order valence-electron chi connectivity index (χ1n) is 4.43. The third-order valence-corrected chi connectivity index (χ3v) is 5.99. The van der Waals surface area contributed by atoms with Crippen LogP contribution in [0.25, 0.3) is 0 Å². The van der Waals surface area contributed by atoms with Gasteiger partial charge in [-0.1, -0.05) is 15.9 Å². The monoisotopic (exact) mass is 440 g/mol. The molecule has 0 spiro atoms.